The van der Waals surface area contributed by atoms with Crippen molar-refractivity contribution in [2.75, 3.05) is 19.8 Å². The number of esters is 1. The molecule has 0 radical (unpaired) electrons. The predicted octanol–water partition coefficient (Wildman–Crippen LogP) is 1.67. The van der Waals surface area contributed by atoms with Crippen LogP contribution in [-0.2, 0) is 27.1 Å². The Labute approximate surface area is 137 Å². The number of benzene rings is 2. The van der Waals surface area contributed by atoms with Crippen molar-refractivity contribution in [2.24, 2.45) is 0 Å². The van der Waals surface area contributed by atoms with Gasteiger partial charge in [-0.15, -0.1) is 0 Å². The summed E-state index contributed by atoms with van der Waals surface area (Å²) >= 11 is -1.19. The lowest BCUT2D eigenvalue weighted by Gasteiger charge is -2.22. The Kier molecular flexibility index (Phi) is 4.85. The standard InChI is InChI=1S/C17H16O5S/c18-7-8-21-17(19)11-22-14-5-6-16-13(10-14)9-12-3-1-2-4-15(12)23(16)20/h1-6,10,18H,7-9,11H2. The fourth-order valence-electron chi connectivity index (χ4n) is 2.46. The van der Waals surface area contributed by atoms with Gasteiger partial charge in [-0.2, -0.15) is 0 Å². The second-order valence-corrected chi connectivity index (χ2v) is 6.47. The summed E-state index contributed by atoms with van der Waals surface area (Å²) in [7, 11) is 0. The van der Waals surface area contributed by atoms with E-state index in [9.17, 15) is 9.35 Å². The predicted molar refractivity (Wildman–Crippen MR) is 83.9 cm³/mol. The van der Waals surface area contributed by atoms with Crippen LogP contribution >= 0.6 is 0 Å². The number of hydrogen-bond donors (Lipinski definition) is 1. The van der Waals surface area contributed by atoms with E-state index >= 15 is 0 Å². The van der Waals surface area contributed by atoms with Crippen LogP contribution in [0, 0.1) is 0 Å². The van der Waals surface area contributed by atoms with Gasteiger partial charge in [0, 0.05) is 28.7 Å². The van der Waals surface area contributed by atoms with Gasteiger partial charge in [-0.25, -0.2) is 4.79 Å². The second-order valence-electron chi connectivity index (χ2n) is 5.06. The molecule has 23 heavy (non-hydrogen) atoms. The zero-order valence-electron chi connectivity index (χ0n) is 12.4. The van der Waals surface area contributed by atoms with Gasteiger partial charge in [-0.05, 0) is 24.3 Å². The molecule has 0 bridgehead atoms. The van der Waals surface area contributed by atoms with Crippen molar-refractivity contribution >= 4 is 17.1 Å². The Morgan fingerprint density at radius 3 is 2.78 bits per heavy atom. The first-order chi connectivity index (χ1) is 11.2. The van der Waals surface area contributed by atoms with Gasteiger partial charge in [0.2, 0.25) is 0 Å². The van der Waals surface area contributed by atoms with E-state index in [0.717, 1.165) is 20.9 Å². The van der Waals surface area contributed by atoms with Crippen LogP contribution in [0.3, 0.4) is 0 Å². The molecule has 0 saturated heterocycles. The summed E-state index contributed by atoms with van der Waals surface area (Å²) in [6, 6.07) is 12.9. The molecule has 1 N–H and O–H groups in total. The minimum Gasteiger partial charge on any atom is -0.606 e. The highest BCUT2D eigenvalue weighted by atomic mass is 32.2. The number of rotatable bonds is 5. The molecule has 1 unspecified atom stereocenters. The minimum absolute atomic E-state index is 0.0395. The third kappa shape index (κ3) is 3.50. The van der Waals surface area contributed by atoms with Crippen LogP contribution < -0.4 is 4.74 Å². The lowest BCUT2D eigenvalue weighted by Crippen LogP contribution is -2.17. The quantitative estimate of drug-likeness (QED) is 0.666. The van der Waals surface area contributed by atoms with Crippen LogP contribution in [-0.4, -0.2) is 35.4 Å². The van der Waals surface area contributed by atoms with E-state index in [1.54, 1.807) is 12.1 Å². The topological polar surface area (TPSA) is 78.8 Å². The Bertz CT molecular complexity index is 716. The molecule has 3 rings (SSSR count). The van der Waals surface area contributed by atoms with Crippen molar-refractivity contribution in [2.45, 2.75) is 16.2 Å². The van der Waals surface area contributed by atoms with Crippen LogP contribution in [0.15, 0.2) is 52.3 Å². The molecule has 5 nitrogen and oxygen atoms in total. The summed E-state index contributed by atoms with van der Waals surface area (Å²) < 4.78 is 22.7. The number of aliphatic hydroxyl groups is 1. The third-order valence-corrected chi connectivity index (χ3v) is 5.09. The van der Waals surface area contributed by atoms with Crippen molar-refractivity contribution in [1.82, 2.24) is 0 Å². The number of hydrogen-bond acceptors (Lipinski definition) is 5. The van der Waals surface area contributed by atoms with E-state index in [-0.39, 0.29) is 19.8 Å². The van der Waals surface area contributed by atoms with E-state index in [4.69, 9.17) is 14.6 Å². The molecule has 1 aliphatic rings. The number of carbonyl (C=O) groups is 1. The van der Waals surface area contributed by atoms with Crippen LogP contribution in [0.2, 0.25) is 0 Å². The molecule has 1 atom stereocenters. The first kappa shape index (κ1) is 15.9. The first-order valence-corrected chi connectivity index (χ1v) is 8.36. The molecule has 120 valence electrons. The maximum Gasteiger partial charge on any atom is 0.344 e. The number of carbonyl (C=O) groups excluding carboxylic acids is 1. The normalized spacial score (nSPS) is 15.5. The van der Waals surface area contributed by atoms with Crippen molar-refractivity contribution < 1.29 is 23.9 Å². The van der Waals surface area contributed by atoms with Gasteiger partial charge in [-0.3, -0.25) is 0 Å². The summed E-state index contributed by atoms with van der Waals surface area (Å²) in [6.07, 6.45) is 0.684. The van der Waals surface area contributed by atoms with Crippen molar-refractivity contribution in [3.8, 4) is 5.75 Å². The first-order valence-electron chi connectivity index (χ1n) is 7.21. The van der Waals surface area contributed by atoms with Crippen LogP contribution in [0.25, 0.3) is 0 Å². The van der Waals surface area contributed by atoms with E-state index < -0.39 is 17.1 Å². The summed E-state index contributed by atoms with van der Waals surface area (Å²) in [5.41, 5.74) is 1.97. The maximum absolute atomic E-state index is 12.6. The Hall–Kier alpha value is -2.02. The zero-order valence-corrected chi connectivity index (χ0v) is 13.2. The average Bonchev–Trinajstić information content (AvgIpc) is 2.58. The third-order valence-electron chi connectivity index (χ3n) is 3.50. The monoisotopic (exact) mass is 332 g/mol. The molecule has 0 fully saturated rings. The highest BCUT2D eigenvalue weighted by molar-refractivity contribution is 7.91. The van der Waals surface area contributed by atoms with Crippen LogP contribution in [0.4, 0.5) is 0 Å². The van der Waals surface area contributed by atoms with Gasteiger partial charge >= 0.3 is 5.97 Å². The fourth-order valence-corrected chi connectivity index (χ4v) is 3.84. The van der Waals surface area contributed by atoms with Gasteiger partial charge in [0.25, 0.3) is 0 Å². The molecular weight excluding hydrogens is 316 g/mol. The molecule has 0 saturated carbocycles. The van der Waals surface area contributed by atoms with Crippen molar-refractivity contribution in [1.29, 1.82) is 0 Å². The molecule has 0 aromatic heterocycles. The fraction of sp³-hybridized carbons (Fsp3) is 0.235. The van der Waals surface area contributed by atoms with Gasteiger partial charge in [0.15, 0.2) is 16.4 Å². The molecule has 0 aliphatic carbocycles. The van der Waals surface area contributed by atoms with E-state index in [1.807, 2.05) is 30.3 Å². The summed E-state index contributed by atoms with van der Waals surface area (Å²) in [5, 5.41) is 8.59. The SMILES string of the molecule is O=C(COc1ccc2c(c1)Cc1ccccc1[S+]2[O-])OCCO. The lowest BCUT2D eigenvalue weighted by molar-refractivity contribution is -0.146. The van der Waals surface area contributed by atoms with Crippen molar-refractivity contribution in [3.05, 3.63) is 53.6 Å². The Balaban J connectivity index is 1.73. The van der Waals surface area contributed by atoms with Gasteiger partial charge in [-0.1, -0.05) is 18.2 Å². The highest BCUT2D eigenvalue weighted by Gasteiger charge is 2.28. The van der Waals surface area contributed by atoms with Crippen molar-refractivity contribution in [3.63, 3.8) is 0 Å². The molecule has 6 heteroatoms. The molecule has 2 aromatic rings. The number of aliphatic hydroxyl groups excluding tert-OH is 1. The Morgan fingerprint density at radius 1 is 1.17 bits per heavy atom. The highest BCUT2D eigenvalue weighted by Crippen LogP contribution is 2.35. The summed E-state index contributed by atoms with van der Waals surface area (Å²) in [5.74, 6) is -0.00762. The molecule has 1 heterocycles. The summed E-state index contributed by atoms with van der Waals surface area (Å²) in [4.78, 5) is 13.0. The van der Waals surface area contributed by atoms with E-state index in [0.29, 0.717) is 12.2 Å². The molecule has 1 aliphatic heterocycles. The average molecular weight is 332 g/mol. The van der Waals surface area contributed by atoms with Gasteiger partial charge in [0.1, 0.15) is 12.4 Å². The molecule has 0 amide bonds. The molecule has 2 aromatic carbocycles. The maximum atomic E-state index is 12.6. The van der Waals surface area contributed by atoms with Crippen LogP contribution in [0.1, 0.15) is 11.1 Å². The lowest BCUT2D eigenvalue weighted by atomic mass is 10.0. The number of fused-ring (bicyclic) bond motifs is 2. The zero-order chi connectivity index (χ0) is 16.2. The van der Waals surface area contributed by atoms with Crippen LogP contribution in [0.5, 0.6) is 5.75 Å². The Morgan fingerprint density at radius 2 is 1.96 bits per heavy atom. The molecule has 0 spiro atoms. The van der Waals surface area contributed by atoms with Gasteiger partial charge in [0.05, 0.1) is 6.61 Å². The van der Waals surface area contributed by atoms with E-state index in [2.05, 4.69) is 0 Å². The largest absolute Gasteiger partial charge is 0.606 e. The summed E-state index contributed by atoms with van der Waals surface area (Å²) in [6.45, 7) is -0.476. The van der Waals surface area contributed by atoms with E-state index in [1.165, 1.54) is 0 Å². The smallest absolute Gasteiger partial charge is 0.344 e. The second kappa shape index (κ2) is 7.04. The molecular formula is C17H16O5S. The minimum atomic E-state index is -1.19. The number of ether oxygens (including phenoxy) is 2. The van der Waals surface area contributed by atoms with Gasteiger partial charge < -0.3 is 19.1 Å².